The molecule has 0 saturated heterocycles. The molecule has 1 heterocycles. The Labute approximate surface area is 132 Å². The molecule has 1 spiro atoms. The Kier molecular flexibility index (Phi) is 4.48. The summed E-state index contributed by atoms with van der Waals surface area (Å²) in [6.45, 7) is 5.20. The van der Waals surface area contributed by atoms with Crippen LogP contribution >= 0.6 is 0 Å². The van der Waals surface area contributed by atoms with Crippen LogP contribution in [0.15, 0.2) is 12.1 Å². The van der Waals surface area contributed by atoms with Gasteiger partial charge in [0.15, 0.2) is 0 Å². The molecule has 1 aliphatic heterocycles. The van der Waals surface area contributed by atoms with Gasteiger partial charge in [-0.15, -0.1) is 0 Å². The van der Waals surface area contributed by atoms with Crippen LogP contribution in [0, 0.1) is 0 Å². The van der Waals surface area contributed by atoms with Crippen LogP contribution in [0.3, 0.4) is 0 Å². The molecule has 22 heavy (non-hydrogen) atoms. The lowest BCUT2D eigenvalue weighted by Crippen LogP contribution is -2.44. The first-order valence-corrected chi connectivity index (χ1v) is 8.55. The topological polar surface area (TPSA) is 53.7 Å². The van der Waals surface area contributed by atoms with E-state index < -0.39 is 0 Å². The Bertz CT molecular complexity index is 523. The Hall–Kier alpha value is -1.42. The predicted molar refractivity (Wildman–Crippen MR) is 86.8 cm³/mol. The van der Waals surface area contributed by atoms with E-state index in [4.69, 9.17) is 19.9 Å². The highest BCUT2D eigenvalue weighted by molar-refractivity contribution is 5.53. The first kappa shape index (κ1) is 15.5. The third kappa shape index (κ3) is 2.89. The standard InChI is InChI=1S/C18H27NO3/c1-3-20-13-10-15(21-4-2)17-14(19)12-18(22-16(17)11-13)8-6-5-7-9-18/h10-11,14H,3-9,12,19H2,1-2H3. The lowest BCUT2D eigenvalue weighted by Gasteiger charge is -2.44. The van der Waals surface area contributed by atoms with Gasteiger partial charge >= 0.3 is 0 Å². The molecule has 0 radical (unpaired) electrons. The minimum Gasteiger partial charge on any atom is -0.494 e. The van der Waals surface area contributed by atoms with Crippen molar-refractivity contribution in [1.82, 2.24) is 0 Å². The largest absolute Gasteiger partial charge is 0.494 e. The minimum atomic E-state index is -0.0843. The molecule has 0 amide bonds. The van der Waals surface area contributed by atoms with Crippen molar-refractivity contribution < 1.29 is 14.2 Å². The molecule has 2 N–H and O–H groups in total. The first-order chi connectivity index (χ1) is 10.7. The van der Waals surface area contributed by atoms with Gasteiger partial charge in [-0.3, -0.25) is 0 Å². The normalized spacial score (nSPS) is 22.8. The van der Waals surface area contributed by atoms with Crippen LogP contribution in [-0.2, 0) is 0 Å². The zero-order valence-electron chi connectivity index (χ0n) is 13.7. The van der Waals surface area contributed by atoms with Crippen molar-refractivity contribution >= 4 is 0 Å². The van der Waals surface area contributed by atoms with Crippen molar-refractivity contribution in [2.24, 2.45) is 5.73 Å². The van der Waals surface area contributed by atoms with E-state index in [1.54, 1.807) is 0 Å². The molecular formula is C18H27NO3. The minimum absolute atomic E-state index is 0.0286. The molecule has 4 nitrogen and oxygen atoms in total. The molecule has 1 aromatic carbocycles. The van der Waals surface area contributed by atoms with Gasteiger partial charge in [0.1, 0.15) is 22.8 Å². The third-order valence-electron chi connectivity index (χ3n) is 4.74. The van der Waals surface area contributed by atoms with Crippen LogP contribution in [0.1, 0.15) is 64.0 Å². The molecule has 2 aliphatic rings. The summed E-state index contributed by atoms with van der Waals surface area (Å²) >= 11 is 0. The highest BCUT2D eigenvalue weighted by Gasteiger charge is 2.42. The lowest BCUT2D eigenvalue weighted by atomic mass is 9.77. The monoisotopic (exact) mass is 305 g/mol. The molecule has 1 aromatic rings. The van der Waals surface area contributed by atoms with Crippen LogP contribution in [0.25, 0.3) is 0 Å². The highest BCUT2D eigenvalue weighted by atomic mass is 16.5. The molecule has 1 saturated carbocycles. The Morgan fingerprint density at radius 2 is 1.86 bits per heavy atom. The fourth-order valence-electron chi connectivity index (χ4n) is 3.83. The maximum atomic E-state index is 6.51. The van der Waals surface area contributed by atoms with Crippen LogP contribution in [0.2, 0.25) is 0 Å². The summed E-state index contributed by atoms with van der Waals surface area (Å²) in [6, 6.07) is 3.89. The molecule has 0 bridgehead atoms. The summed E-state index contributed by atoms with van der Waals surface area (Å²) in [7, 11) is 0. The van der Waals surface area contributed by atoms with Gasteiger partial charge in [-0.25, -0.2) is 0 Å². The predicted octanol–water partition coefficient (Wildman–Crippen LogP) is 3.97. The number of rotatable bonds is 4. The van der Waals surface area contributed by atoms with Gasteiger partial charge in [-0.05, 0) is 39.5 Å². The highest BCUT2D eigenvalue weighted by Crippen LogP contribution is 2.49. The Balaban J connectivity index is 1.98. The smallest absolute Gasteiger partial charge is 0.132 e. The van der Waals surface area contributed by atoms with E-state index in [2.05, 4.69) is 0 Å². The van der Waals surface area contributed by atoms with Crippen molar-refractivity contribution in [1.29, 1.82) is 0 Å². The van der Waals surface area contributed by atoms with Gasteiger partial charge in [-0.1, -0.05) is 6.42 Å². The Morgan fingerprint density at radius 1 is 1.14 bits per heavy atom. The van der Waals surface area contributed by atoms with Gasteiger partial charge in [0.05, 0.1) is 18.8 Å². The molecular weight excluding hydrogens is 278 g/mol. The summed E-state index contributed by atoms with van der Waals surface area (Å²) < 4.78 is 17.9. The van der Waals surface area contributed by atoms with Gasteiger partial charge in [-0.2, -0.15) is 0 Å². The molecule has 1 fully saturated rings. The summed E-state index contributed by atoms with van der Waals surface area (Å²) in [5.41, 5.74) is 7.42. The number of nitrogens with two attached hydrogens (primary N) is 1. The molecule has 4 heteroatoms. The zero-order valence-corrected chi connectivity index (χ0v) is 13.7. The maximum absolute atomic E-state index is 6.51. The van der Waals surface area contributed by atoms with Gasteiger partial charge in [0.2, 0.25) is 0 Å². The van der Waals surface area contributed by atoms with Crippen molar-refractivity contribution in [2.45, 2.75) is 64.0 Å². The van der Waals surface area contributed by atoms with Gasteiger partial charge in [0.25, 0.3) is 0 Å². The van der Waals surface area contributed by atoms with E-state index in [-0.39, 0.29) is 11.6 Å². The van der Waals surface area contributed by atoms with E-state index in [0.717, 1.165) is 42.1 Å². The van der Waals surface area contributed by atoms with Crippen molar-refractivity contribution in [3.05, 3.63) is 17.7 Å². The van der Waals surface area contributed by atoms with Gasteiger partial charge < -0.3 is 19.9 Å². The molecule has 1 aliphatic carbocycles. The average Bonchev–Trinajstić information content (AvgIpc) is 2.47. The molecule has 0 aromatic heterocycles. The average molecular weight is 305 g/mol. The number of benzene rings is 1. The number of fused-ring (bicyclic) bond motifs is 1. The maximum Gasteiger partial charge on any atom is 0.132 e. The van der Waals surface area contributed by atoms with E-state index in [9.17, 15) is 0 Å². The van der Waals surface area contributed by atoms with E-state index in [0.29, 0.717) is 13.2 Å². The summed E-state index contributed by atoms with van der Waals surface area (Å²) in [5, 5.41) is 0. The quantitative estimate of drug-likeness (QED) is 0.914. The summed E-state index contributed by atoms with van der Waals surface area (Å²) in [5.74, 6) is 2.46. The fraction of sp³-hybridized carbons (Fsp3) is 0.667. The third-order valence-corrected chi connectivity index (χ3v) is 4.74. The van der Waals surface area contributed by atoms with Crippen LogP contribution in [-0.4, -0.2) is 18.8 Å². The lowest BCUT2D eigenvalue weighted by molar-refractivity contribution is 0.000930. The molecule has 3 rings (SSSR count). The van der Waals surface area contributed by atoms with E-state index in [1.165, 1.54) is 19.3 Å². The zero-order chi connectivity index (χ0) is 15.6. The molecule has 1 unspecified atom stereocenters. The van der Waals surface area contributed by atoms with E-state index in [1.807, 2.05) is 26.0 Å². The number of ether oxygens (including phenoxy) is 3. The van der Waals surface area contributed by atoms with Crippen molar-refractivity contribution in [3.63, 3.8) is 0 Å². The first-order valence-electron chi connectivity index (χ1n) is 8.55. The summed E-state index contributed by atoms with van der Waals surface area (Å²) in [4.78, 5) is 0. The summed E-state index contributed by atoms with van der Waals surface area (Å²) in [6.07, 6.45) is 6.84. The Morgan fingerprint density at radius 3 is 2.55 bits per heavy atom. The van der Waals surface area contributed by atoms with Crippen molar-refractivity contribution in [3.8, 4) is 17.2 Å². The van der Waals surface area contributed by atoms with Crippen LogP contribution in [0.4, 0.5) is 0 Å². The number of hydrogen-bond donors (Lipinski definition) is 1. The molecule has 1 atom stereocenters. The van der Waals surface area contributed by atoms with Crippen LogP contribution in [0.5, 0.6) is 17.2 Å². The second kappa shape index (κ2) is 6.37. The van der Waals surface area contributed by atoms with E-state index >= 15 is 0 Å². The second-order valence-corrected chi connectivity index (χ2v) is 6.36. The SMILES string of the molecule is CCOc1cc(OCC)c2c(c1)OC1(CCCCC1)CC2N. The van der Waals surface area contributed by atoms with Gasteiger partial charge in [0, 0.05) is 24.6 Å². The van der Waals surface area contributed by atoms with Crippen LogP contribution < -0.4 is 19.9 Å². The molecule has 122 valence electrons. The fourth-order valence-corrected chi connectivity index (χ4v) is 3.83. The van der Waals surface area contributed by atoms with Crippen molar-refractivity contribution in [2.75, 3.05) is 13.2 Å². The second-order valence-electron chi connectivity index (χ2n) is 6.36. The number of hydrogen-bond acceptors (Lipinski definition) is 4.